The molecule has 2 saturated heterocycles. The minimum absolute atomic E-state index is 0. The van der Waals surface area contributed by atoms with Crippen LogP contribution in [-0.2, 0) is 6.54 Å². The lowest BCUT2D eigenvalue weighted by molar-refractivity contribution is 0.209. The van der Waals surface area contributed by atoms with Gasteiger partial charge < -0.3 is 10.1 Å². The molecule has 1 aromatic carbocycles. The number of hydrogen-bond acceptors (Lipinski definition) is 3. The maximum absolute atomic E-state index is 6.15. The first kappa shape index (κ1) is 17.1. The lowest BCUT2D eigenvalue weighted by Gasteiger charge is -2.23. The SMILES string of the molecule is Cl.c1cc(CN2CCC3(CCNC3)C2)cc(OC2CCCC2)c1. The van der Waals surface area contributed by atoms with E-state index in [2.05, 4.69) is 34.5 Å². The van der Waals surface area contributed by atoms with Gasteiger partial charge in [0.25, 0.3) is 0 Å². The Labute approximate surface area is 146 Å². The van der Waals surface area contributed by atoms with Crippen molar-refractivity contribution >= 4 is 12.4 Å². The second-order valence-electron chi connectivity index (χ2n) is 7.56. The van der Waals surface area contributed by atoms with Crippen LogP contribution in [0.25, 0.3) is 0 Å². The van der Waals surface area contributed by atoms with E-state index in [0.717, 1.165) is 12.3 Å². The summed E-state index contributed by atoms with van der Waals surface area (Å²) in [5.74, 6) is 1.07. The normalized spacial score (nSPS) is 28.3. The number of hydrogen-bond donors (Lipinski definition) is 1. The van der Waals surface area contributed by atoms with E-state index >= 15 is 0 Å². The zero-order chi connectivity index (χ0) is 14.8. The van der Waals surface area contributed by atoms with Crippen molar-refractivity contribution in [2.75, 3.05) is 26.2 Å². The maximum atomic E-state index is 6.15. The van der Waals surface area contributed by atoms with Gasteiger partial charge in [0.05, 0.1) is 6.10 Å². The van der Waals surface area contributed by atoms with Crippen LogP contribution in [0.4, 0.5) is 0 Å². The predicted octanol–water partition coefficient (Wildman–Crippen LogP) is 3.62. The zero-order valence-corrected chi connectivity index (χ0v) is 14.7. The van der Waals surface area contributed by atoms with Crippen molar-refractivity contribution in [2.24, 2.45) is 5.41 Å². The van der Waals surface area contributed by atoms with Gasteiger partial charge in [0, 0.05) is 19.6 Å². The van der Waals surface area contributed by atoms with Gasteiger partial charge in [0.15, 0.2) is 0 Å². The quantitative estimate of drug-likeness (QED) is 0.909. The van der Waals surface area contributed by atoms with Crippen LogP contribution in [0.2, 0.25) is 0 Å². The molecule has 1 atom stereocenters. The summed E-state index contributed by atoms with van der Waals surface area (Å²) in [5, 5.41) is 3.54. The van der Waals surface area contributed by atoms with E-state index in [1.165, 1.54) is 70.3 Å². The molecule has 3 fully saturated rings. The molecule has 1 spiro atoms. The molecular formula is C19H29ClN2O. The number of nitrogens with zero attached hydrogens (tertiary/aromatic N) is 1. The average molecular weight is 337 g/mol. The van der Waals surface area contributed by atoms with Crippen molar-refractivity contribution in [1.82, 2.24) is 10.2 Å². The van der Waals surface area contributed by atoms with E-state index in [4.69, 9.17) is 4.74 Å². The minimum atomic E-state index is 0. The molecule has 2 heterocycles. The smallest absolute Gasteiger partial charge is 0.120 e. The van der Waals surface area contributed by atoms with Gasteiger partial charge in [-0.25, -0.2) is 0 Å². The summed E-state index contributed by atoms with van der Waals surface area (Å²) in [7, 11) is 0. The molecule has 2 aliphatic heterocycles. The highest BCUT2D eigenvalue weighted by Gasteiger charge is 2.39. The van der Waals surface area contributed by atoms with Gasteiger partial charge in [-0.3, -0.25) is 4.90 Å². The highest BCUT2D eigenvalue weighted by atomic mass is 35.5. The molecule has 1 aliphatic carbocycles. The first-order chi connectivity index (χ1) is 10.8. The molecule has 0 bridgehead atoms. The van der Waals surface area contributed by atoms with Crippen LogP contribution in [0.15, 0.2) is 24.3 Å². The van der Waals surface area contributed by atoms with Crippen molar-refractivity contribution in [3.8, 4) is 5.75 Å². The molecule has 23 heavy (non-hydrogen) atoms. The van der Waals surface area contributed by atoms with E-state index in [-0.39, 0.29) is 12.4 Å². The number of benzene rings is 1. The van der Waals surface area contributed by atoms with Crippen molar-refractivity contribution in [3.63, 3.8) is 0 Å². The molecule has 1 saturated carbocycles. The Kier molecular flexibility index (Phi) is 5.50. The summed E-state index contributed by atoms with van der Waals surface area (Å²) in [6, 6.07) is 8.78. The average Bonchev–Trinajstić information content (AvgIpc) is 3.25. The molecule has 0 aromatic heterocycles. The number of ether oxygens (including phenoxy) is 1. The lowest BCUT2D eigenvalue weighted by Crippen LogP contribution is -2.28. The zero-order valence-electron chi connectivity index (χ0n) is 13.9. The molecule has 0 amide bonds. The Morgan fingerprint density at radius 1 is 1.22 bits per heavy atom. The van der Waals surface area contributed by atoms with Crippen LogP contribution in [0.1, 0.15) is 44.1 Å². The van der Waals surface area contributed by atoms with Gasteiger partial charge in [-0.05, 0) is 74.7 Å². The third kappa shape index (κ3) is 4.01. The number of rotatable bonds is 4. The number of likely N-dealkylation sites (tertiary alicyclic amines) is 1. The fourth-order valence-electron chi connectivity index (χ4n) is 4.48. The largest absolute Gasteiger partial charge is 0.490 e. The van der Waals surface area contributed by atoms with Gasteiger partial charge in [-0.2, -0.15) is 0 Å². The standard InChI is InChI=1S/C19H28N2O.ClH/c1-2-6-17(5-1)22-18-7-3-4-16(12-18)13-21-11-9-19(15-21)8-10-20-14-19;/h3-4,7,12,17,20H,1-2,5-6,8-11,13-15H2;1H. The van der Waals surface area contributed by atoms with Crippen LogP contribution >= 0.6 is 12.4 Å². The molecule has 1 N–H and O–H groups in total. The highest BCUT2D eigenvalue weighted by Crippen LogP contribution is 2.36. The highest BCUT2D eigenvalue weighted by molar-refractivity contribution is 5.85. The minimum Gasteiger partial charge on any atom is -0.490 e. The Morgan fingerprint density at radius 3 is 2.87 bits per heavy atom. The van der Waals surface area contributed by atoms with Crippen molar-refractivity contribution in [3.05, 3.63) is 29.8 Å². The monoisotopic (exact) mass is 336 g/mol. The van der Waals surface area contributed by atoms with E-state index in [1.807, 2.05) is 0 Å². The molecule has 3 aliphatic rings. The lowest BCUT2D eigenvalue weighted by atomic mass is 9.86. The van der Waals surface area contributed by atoms with Crippen LogP contribution in [-0.4, -0.2) is 37.2 Å². The van der Waals surface area contributed by atoms with E-state index in [0.29, 0.717) is 11.5 Å². The summed E-state index contributed by atoms with van der Waals surface area (Å²) in [6.45, 7) is 6.00. The summed E-state index contributed by atoms with van der Waals surface area (Å²) < 4.78 is 6.15. The summed E-state index contributed by atoms with van der Waals surface area (Å²) >= 11 is 0. The summed E-state index contributed by atoms with van der Waals surface area (Å²) in [4.78, 5) is 2.63. The molecule has 4 rings (SSSR count). The topological polar surface area (TPSA) is 24.5 Å². The Bertz CT molecular complexity index is 510. The molecule has 1 unspecified atom stereocenters. The summed E-state index contributed by atoms with van der Waals surface area (Å²) in [5.41, 5.74) is 1.97. The fourth-order valence-corrected chi connectivity index (χ4v) is 4.48. The molecule has 3 nitrogen and oxygen atoms in total. The molecule has 1 aromatic rings. The molecular weight excluding hydrogens is 308 g/mol. The predicted molar refractivity (Wildman–Crippen MR) is 96.4 cm³/mol. The van der Waals surface area contributed by atoms with Crippen LogP contribution in [0.5, 0.6) is 5.75 Å². The van der Waals surface area contributed by atoms with Crippen LogP contribution < -0.4 is 10.1 Å². The van der Waals surface area contributed by atoms with Crippen molar-refractivity contribution < 1.29 is 4.74 Å². The molecule has 0 radical (unpaired) electrons. The Balaban J connectivity index is 0.00000156. The van der Waals surface area contributed by atoms with E-state index < -0.39 is 0 Å². The number of halogens is 1. The van der Waals surface area contributed by atoms with Crippen molar-refractivity contribution in [2.45, 2.75) is 51.2 Å². The Morgan fingerprint density at radius 2 is 2.09 bits per heavy atom. The second-order valence-corrected chi connectivity index (χ2v) is 7.56. The first-order valence-electron chi connectivity index (χ1n) is 9.00. The maximum Gasteiger partial charge on any atom is 0.120 e. The van der Waals surface area contributed by atoms with Crippen LogP contribution in [0, 0.1) is 5.41 Å². The van der Waals surface area contributed by atoms with E-state index in [9.17, 15) is 0 Å². The Hall–Kier alpha value is -0.770. The van der Waals surface area contributed by atoms with E-state index in [1.54, 1.807) is 0 Å². The number of nitrogens with one attached hydrogen (secondary N) is 1. The van der Waals surface area contributed by atoms with Crippen LogP contribution in [0.3, 0.4) is 0 Å². The molecule has 128 valence electrons. The third-order valence-corrected chi connectivity index (χ3v) is 5.76. The van der Waals surface area contributed by atoms with Gasteiger partial charge in [-0.1, -0.05) is 12.1 Å². The summed E-state index contributed by atoms with van der Waals surface area (Å²) in [6.07, 6.45) is 8.28. The van der Waals surface area contributed by atoms with Gasteiger partial charge in [0.2, 0.25) is 0 Å². The third-order valence-electron chi connectivity index (χ3n) is 5.76. The second kappa shape index (κ2) is 7.42. The van der Waals surface area contributed by atoms with Gasteiger partial charge in [-0.15, -0.1) is 12.4 Å². The van der Waals surface area contributed by atoms with Gasteiger partial charge in [0.1, 0.15) is 5.75 Å². The molecule has 4 heteroatoms. The van der Waals surface area contributed by atoms with Gasteiger partial charge >= 0.3 is 0 Å². The first-order valence-corrected chi connectivity index (χ1v) is 9.00. The fraction of sp³-hybridized carbons (Fsp3) is 0.684. The van der Waals surface area contributed by atoms with Crippen molar-refractivity contribution in [1.29, 1.82) is 0 Å².